The van der Waals surface area contributed by atoms with E-state index in [1.807, 2.05) is 0 Å². The zero-order chi connectivity index (χ0) is 43.0. The molecule has 0 saturated carbocycles. The quantitative estimate of drug-likeness (QED) is 0.156. The maximum Gasteiger partial charge on any atom is 0.145 e. The van der Waals surface area contributed by atoms with Gasteiger partial charge in [0.2, 0.25) is 0 Å². The van der Waals surface area contributed by atoms with E-state index < -0.39 is 10.8 Å². The molecule has 1 heterocycles. The van der Waals surface area contributed by atoms with Crippen molar-refractivity contribution >= 4 is 11.0 Å². The molecule has 2 atom stereocenters. The summed E-state index contributed by atoms with van der Waals surface area (Å²) in [6, 6.07) is 93.8. The molecule has 2 nitrogen and oxygen atoms in total. The van der Waals surface area contributed by atoms with Gasteiger partial charge in [0.15, 0.2) is 0 Å². The van der Waals surface area contributed by atoms with Crippen molar-refractivity contribution in [2.24, 2.45) is 0 Å². The van der Waals surface area contributed by atoms with E-state index >= 15 is 0 Å². The fourth-order valence-electron chi connectivity index (χ4n) is 11.5. The summed E-state index contributed by atoms with van der Waals surface area (Å²) in [6.45, 7) is 0. The molecule has 1 aromatic heterocycles. The average molecular weight is 827 g/mol. The number of benzene rings is 10. The molecule has 10 aromatic carbocycles. The molecule has 13 rings (SSSR count). The molecule has 0 fully saturated rings. The van der Waals surface area contributed by atoms with Gasteiger partial charge in [-0.15, -0.1) is 0 Å². The minimum atomic E-state index is -0.579. The van der Waals surface area contributed by atoms with Crippen molar-refractivity contribution in [2.75, 3.05) is 0 Å². The van der Waals surface area contributed by atoms with E-state index in [1.54, 1.807) is 0 Å². The Labute approximate surface area is 379 Å². The molecular weight excluding hydrogens is 785 g/mol. The van der Waals surface area contributed by atoms with Crippen LogP contribution in [-0.4, -0.2) is 9.55 Å². The molecule has 2 aliphatic rings. The van der Waals surface area contributed by atoms with Gasteiger partial charge in [0.05, 0.1) is 21.9 Å². The zero-order valence-electron chi connectivity index (χ0n) is 35.6. The third-order valence-corrected chi connectivity index (χ3v) is 14.2. The normalized spacial score (nSPS) is 16.7. The van der Waals surface area contributed by atoms with Gasteiger partial charge in [-0.2, -0.15) is 0 Å². The number of fused-ring (bicyclic) bond motifs is 6. The molecule has 0 saturated heterocycles. The SMILES string of the molecule is c1ccc(-c2ccc(-n3c(-c4ccc(-c5ccc(C6(c7ccccc7)c7ccccc7C7(c8ccccc8)c8ccccc8-c8cccc6c87)cc5)cc4)nc4ccccc43)cc2)cc1. The molecule has 0 bridgehead atoms. The second-order valence-corrected chi connectivity index (χ2v) is 17.4. The summed E-state index contributed by atoms with van der Waals surface area (Å²) in [7, 11) is 0. The summed E-state index contributed by atoms with van der Waals surface area (Å²) < 4.78 is 2.28. The Morgan fingerprint density at radius 3 is 1.42 bits per heavy atom. The lowest BCUT2D eigenvalue weighted by molar-refractivity contribution is 0.627. The second-order valence-electron chi connectivity index (χ2n) is 17.4. The lowest BCUT2D eigenvalue weighted by atomic mass is 9.51. The minimum Gasteiger partial charge on any atom is -0.292 e. The van der Waals surface area contributed by atoms with Gasteiger partial charge >= 0.3 is 0 Å². The zero-order valence-corrected chi connectivity index (χ0v) is 35.6. The number of hydrogen-bond acceptors (Lipinski definition) is 1. The summed E-state index contributed by atoms with van der Waals surface area (Å²) in [5, 5.41) is 0. The van der Waals surface area contributed by atoms with Crippen molar-refractivity contribution in [3.8, 4) is 50.5 Å². The molecule has 0 spiro atoms. The molecule has 0 N–H and O–H groups in total. The molecule has 0 amide bonds. The number of rotatable bonds is 7. The first-order valence-electron chi connectivity index (χ1n) is 22.5. The monoisotopic (exact) mass is 826 g/mol. The third kappa shape index (κ3) is 5.38. The topological polar surface area (TPSA) is 17.8 Å². The summed E-state index contributed by atoms with van der Waals surface area (Å²) in [4.78, 5) is 5.20. The Morgan fingerprint density at radius 2 is 0.738 bits per heavy atom. The van der Waals surface area contributed by atoms with Crippen LogP contribution in [0.15, 0.2) is 255 Å². The third-order valence-electron chi connectivity index (χ3n) is 14.2. The van der Waals surface area contributed by atoms with Crippen molar-refractivity contribution < 1.29 is 0 Å². The summed E-state index contributed by atoms with van der Waals surface area (Å²) in [6.07, 6.45) is 0. The van der Waals surface area contributed by atoms with Gasteiger partial charge in [-0.05, 0) is 102 Å². The standard InChI is InChI=1S/C63H42N2/c1-4-17-43(18-5-1)46-37-41-51(42-38-46)65-59-30-15-14-29-58(59)64-61(65)47-33-31-44(32-34-47)45-35-39-50(40-36-45)62(48-19-6-2-7-20-48)55-26-12-13-27-56(55)63(49-21-8-3-9-22-49)54-25-11-10-23-52(54)53-24-16-28-57(62)60(53)63/h1-42H. The van der Waals surface area contributed by atoms with E-state index in [4.69, 9.17) is 4.98 Å². The van der Waals surface area contributed by atoms with Crippen LogP contribution in [0.2, 0.25) is 0 Å². The molecule has 2 heteroatoms. The first-order valence-corrected chi connectivity index (χ1v) is 22.5. The average Bonchev–Trinajstić information content (AvgIpc) is 3.93. The van der Waals surface area contributed by atoms with Crippen LogP contribution in [0.25, 0.3) is 61.5 Å². The van der Waals surface area contributed by atoms with Crippen molar-refractivity contribution in [3.05, 3.63) is 299 Å². The second kappa shape index (κ2) is 14.6. The van der Waals surface area contributed by atoms with E-state index in [2.05, 4.69) is 259 Å². The fraction of sp³-hybridized carbons (Fsp3) is 0.0317. The van der Waals surface area contributed by atoms with Crippen LogP contribution in [0.4, 0.5) is 0 Å². The molecule has 0 radical (unpaired) electrons. The molecule has 65 heavy (non-hydrogen) atoms. The molecule has 11 aromatic rings. The van der Waals surface area contributed by atoms with E-state index in [0.717, 1.165) is 33.7 Å². The van der Waals surface area contributed by atoms with Gasteiger partial charge in [-0.25, -0.2) is 4.98 Å². The van der Waals surface area contributed by atoms with Crippen LogP contribution in [0.1, 0.15) is 44.5 Å². The number of nitrogens with zero attached hydrogens (tertiary/aromatic N) is 2. The van der Waals surface area contributed by atoms with Gasteiger partial charge in [-0.1, -0.05) is 231 Å². The van der Waals surface area contributed by atoms with Crippen LogP contribution >= 0.6 is 0 Å². The van der Waals surface area contributed by atoms with E-state index in [-0.39, 0.29) is 0 Å². The maximum absolute atomic E-state index is 5.20. The lowest BCUT2D eigenvalue weighted by Crippen LogP contribution is -2.44. The summed E-state index contributed by atoms with van der Waals surface area (Å²) in [5.41, 5.74) is 21.0. The lowest BCUT2D eigenvalue weighted by Gasteiger charge is -2.49. The largest absolute Gasteiger partial charge is 0.292 e. The molecular formula is C63H42N2. The predicted octanol–water partition coefficient (Wildman–Crippen LogP) is 15.1. The van der Waals surface area contributed by atoms with Crippen LogP contribution in [0, 0.1) is 0 Å². The van der Waals surface area contributed by atoms with E-state index in [0.29, 0.717) is 0 Å². The van der Waals surface area contributed by atoms with Crippen molar-refractivity contribution in [3.63, 3.8) is 0 Å². The summed E-state index contributed by atoms with van der Waals surface area (Å²) in [5.74, 6) is 0.922. The van der Waals surface area contributed by atoms with Crippen molar-refractivity contribution in [2.45, 2.75) is 10.8 Å². The highest BCUT2D eigenvalue weighted by atomic mass is 15.1. The highest BCUT2D eigenvalue weighted by molar-refractivity contribution is 5.92. The van der Waals surface area contributed by atoms with Gasteiger partial charge in [0, 0.05) is 11.3 Å². The smallest absolute Gasteiger partial charge is 0.145 e. The number of para-hydroxylation sites is 2. The van der Waals surface area contributed by atoms with E-state index in [9.17, 15) is 0 Å². The first-order chi connectivity index (χ1) is 32.2. The van der Waals surface area contributed by atoms with Crippen LogP contribution in [0.3, 0.4) is 0 Å². The number of aromatic nitrogens is 2. The highest BCUT2D eigenvalue weighted by Crippen LogP contribution is 2.65. The van der Waals surface area contributed by atoms with E-state index in [1.165, 1.54) is 72.3 Å². The van der Waals surface area contributed by atoms with Gasteiger partial charge in [0.25, 0.3) is 0 Å². The van der Waals surface area contributed by atoms with Crippen LogP contribution in [-0.2, 0) is 10.8 Å². The van der Waals surface area contributed by atoms with Crippen molar-refractivity contribution in [1.29, 1.82) is 0 Å². The fourth-order valence-corrected chi connectivity index (χ4v) is 11.5. The molecule has 304 valence electrons. The van der Waals surface area contributed by atoms with Gasteiger partial charge in [0.1, 0.15) is 5.82 Å². The van der Waals surface area contributed by atoms with Crippen molar-refractivity contribution in [1.82, 2.24) is 9.55 Å². The Balaban J connectivity index is 0.940. The van der Waals surface area contributed by atoms with Crippen LogP contribution < -0.4 is 0 Å². The predicted molar refractivity (Wildman–Crippen MR) is 267 cm³/mol. The Hall–Kier alpha value is -8.33. The van der Waals surface area contributed by atoms with Gasteiger partial charge < -0.3 is 0 Å². The molecule has 0 aliphatic heterocycles. The van der Waals surface area contributed by atoms with Crippen LogP contribution in [0.5, 0.6) is 0 Å². The number of hydrogen-bond donors (Lipinski definition) is 0. The molecule has 2 aliphatic carbocycles. The first kappa shape index (κ1) is 37.2. The minimum absolute atomic E-state index is 0.466. The Bertz CT molecular complexity index is 3550. The summed E-state index contributed by atoms with van der Waals surface area (Å²) >= 11 is 0. The highest BCUT2D eigenvalue weighted by Gasteiger charge is 2.57. The molecule has 2 unspecified atom stereocenters. The Morgan fingerprint density at radius 1 is 0.292 bits per heavy atom. The maximum atomic E-state index is 5.20. The Kier molecular flexibility index (Phi) is 8.38. The van der Waals surface area contributed by atoms with Gasteiger partial charge in [-0.3, -0.25) is 4.57 Å². The number of imidazole rings is 1.